The van der Waals surface area contributed by atoms with Gasteiger partial charge >= 0.3 is 5.97 Å². The van der Waals surface area contributed by atoms with Gasteiger partial charge in [0.1, 0.15) is 11.5 Å². The number of halogens is 2. The molecule has 2 aromatic carbocycles. The summed E-state index contributed by atoms with van der Waals surface area (Å²) in [4.78, 5) is 11.5. The predicted molar refractivity (Wildman–Crippen MR) is 127 cm³/mol. The summed E-state index contributed by atoms with van der Waals surface area (Å²) < 4.78 is 26.5. The van der Waals surface area contributed by atoms with Crippen LogP contribution in [0.15, 0.2) is 42.5 Å². The molecule has 2 saturated carbocycles. The minimum absolute atomic E-state index is 0.0741. The number of alkyl halides is 1. The Morgan fingerprint density at radius 1 is 1.12 bits per heavy atom. The first kappa shape index (κ1) is 23.9. The Kier molecular flexibility index (Phi) is 7.18. The summed E-state index contributed by atoms with van der Waals surface area (Å²) in [7, 11) is 1.67. The second-order valence-corrected chi connectivity index (χ2v) is 10.1. The average molecular weight is 475 g/mol. The molecule has 2 fully saturated rings. The summed E-state index contributed by atoms with van der Waals surface area (Å²) in [5.74, 6) is 0.391. The van der Waals surface area contributed by atoms with Gasteiger partial charge in [0.05, 0.1) is 13.7 Å². The highest BCUT2D eigenvalue weighted by Gasteiger charge is 2.50. The number of carboxylic acid groups (broad SMARTS) is 1. The number of hydrogen-bond acceptors (Lipinski definition) is 3. The van der Waals surface area contributed by atoms with E-state index in [4.69, 9.17) is 21.1 Å². The van der Waals surface area contributed by atoms with Crippen LogP contribution in [-0.4, -0.2) is 30.5 Å². The lowest BCUT2D eigenvalue weighted by molar-refractivity contribution is -0.151. The molecule has 1 N–H and O–H groups in total. The fourth-order valence-corrected chi connectivity index (χ4v) is 5.48. The number of carboxylic acids is 1. The molecule has 0 amide bonds. The molecule has 0 radical (unpaired) electrons. The molecular weight excluding hydrogens is 443 g/mol. The first-order valence-electron chi connectivity index (χ1n) is 11.8. The fraction of sp³-hybridized carbons (Fsp3) is 0.519. The topological polar surface area (TPSA) is 55.8 Å². The molecule has 4 rings (SSSR count). The number of rotatable bonds is 9. The molecule has 0 heterocycles. The average Bonchev–Trinajstić information content (AvgIpc) is 3.63. The molecule has 0 saturated heterocycles. The van der Waals surface area contributed by atoms with Gasteiger partial charge in [0.15, 0.2) is 0 Å². The van der Waals surface area contributed by atoms with Crippen LogP contribution in [0.1, 0.15) is 68.4 Å². The molecule has 2 atom stereocenters. The Hall–Kier alpha value is -2.27. The fourth-order valence-electron chi connectivity index (χ4n) is 5.20. The van der Waals surface area contributed by atoms with Crippen molar-refractivity contribution >= 4 is 17.6 Å². The van der Waals surface area contributed by atoms with Gasteiger partial charge in [-0.15, -0.1) is 0 Å². The van der Waals surface area contributed by atoms with Crippen LogP contribution in [0.3, 0.4) is 0 Å². The third-order valence-corrected chi connectivity index (χ3v) is 7.63. The van der Waals surface area contributed by atoms with Crippen LogP contribution in [0.25, 0.3) is 0 Å². The Balaban J connectivity index is 1.36. The highest BCUT2D eigenvalue weighted by molar-refractivity contribution is 6.31. The van der Waals surface area contributed by atoms with Gasteiger partial charge < -0.3 is 14.6 Å². The van der Waals surface area contributed by atoms with Crippen molar-refractivity contribution in [3.8, 4) is 11.5 Å². The third-order valence-electron chi connectivity index (χ3n) is 7.29. The summed E-state index contributed by atoms with van der Waals surface area (Å²) >= 11 is 6.44. The van der Waals surface area contributed by atoms with Gasteiger partial charge in [0, 0.05) is 10.9 Å². The van der Waals surface area contributed by atoms with Crippen molar-refractivity contribution in [1.29, 1.82) is 0 Å². The highest BCUT2D eigenvalue weighted by atomic mass is 35.5. The molecule has 0 spiro atoms. The molecule has 2 aromatic rings. The molecule has 6 heteroatoms. The van der Waals surface area contributed by atoms with Crippen LogP contribution in [0.5, 0.6) is 11.5 Å². The molecule has 0 aromatic heterocycles. The zero-order valence-electron chi connectivity index (χ0n) is 19.2. The van der Waals surface area contributed by atoms with Crippen molar-refractivity contribution < 1.29 is 23.8 Å². The van der Waals surface area contributed by atoms with E-state index >= 15 is 4.39 Å². The Labute approximate surface area is 200 Å². The first-order valence-corrected chi connectivity index (χ1v) is 12.2. The van der Waals surface area contributed by atoms with E-state index in [1.165, 1.54) is 6.92 Å². The van der Waals surface area contributed by atoms with Crippen LogP contribution < -0.4 is 9.47 Å². The van der Waals surface area contributed by atoms with Gasteiger partial charge in [-0.1, -0.05) is 23.7 Å². The number of ether oxygens (including phenoxy) is 2. The van der Waals surface area contributed by atoms with Crippen LogP contribution >= 0.6 is 11.6 Å². The van der Waals surface area contributed by atoms with E-state index in [9.17, 15) is 9.90 Å². The van der Waals surface area contributed by atoms with E-state index in [2.05, 4.69) is 0 Å². The standard InChI is InChI=1S/C27H32ClFO4/c1-27(29,26(30)31)25(19-10-11-19)20-4-3-5-22(14-20)33-16-17-6-8-18(9-7-17)23-15-21(32-2)12-13-24(23)28/h3-5,12-15,17-19,25H,6-11,16H2,1-2H3,(H,30,31). The molecule has 2 aliphatic carbocycles. The SMILES string of the molecule is COc1ccc(Cl)c(C2CCC(COc3cccc(C(C4CC4)C(C)(F)C(=O)O)c3)CC2)c1. The molecular formula is C27H32ClFO4. The van der Waals surface area contributed by atoms with Crippen molar-refractivity contribution in [2.45, 2.75) is 63.0 Å². The lowest BCUT2D eigenvalue weighted by Crippen LogP contribution is -2.38. The van der Waals surface area contributed by atoms with Gasteiger partial charge in [-0.3, -0.25) is 0 Å². The van der Waals surface area contributed by atoms with E-state index in [0.717, 1.165) is 54.9 Å². The largest absolute Gasteiger partial charge is 0.497 e. The maximum atomic E-state index is 15.1. The summed E-state index contributed by atoms with van der Waals surface area (Å²) in [5.41, 5.74) is -0.430. The maximum Gasteiger partial charge on any atom is 0.341 e. The van der Waals surface area contributed by atoms with E-state index in [0.29, 0.717) is 29.8 Å². The Morgan fingerprint density at radius 2 is 1.85 bits per heavy atom. The predicted octanol–water partition coefficient (Wildman–Crippen LogP) is 7.01. The van der Waals surface area contributed by atoms with E-state index < -0.39 is 17.6 Å². The molecule has 2 aliphatic rings. The number of hydrogen-bond donors (Lipinski definition) is 1. The Bertz CT molecular complexity index is 980. The van der Waals surface area contributed by atoms with Gasteiger partial charge in [0.25, 0.3) is 0 Å². The second kappa shape index (κ2) is 9.92. The highest BCUT2D eigenvalue weighted by Crippen LogP contribution is 2.50. The van der Waals surface area contributed by atoms with Gasteiger partial charge in [-0.05, 0) is 105 Å². The molecule has 33 heavy (non-hydrogen) atoms. The van der Waals surface area contributed by atoms with Crippen molar-refractivity contribution in [2.75, 3.05) is 13.7 Å². The number of aliphatic carboxylic acids is 1. The third kappa shape index (κ3) is 5.46. The van der Waals surface area contributed by atoms with Crippen molar-refractivity contribution in [3.05, 3.63) is 58.6 Å². The van der Waals surface area contributed by atoms with Gasteiger partial charge in [-0.2, -0.15) is 0 Å². The van der Waals surface area contributed by atoms with Crippen LogP contribution in [0.4, 0.5) is 4.39 Å². The quantitative estimate of drug-likeness (QED) is 0.424. The number of carbonyl (C=O) groups is 1. The van der Waals surface area contributed by atoms with Crippen molar-refractivity contribution in [1.82, 2.24) is 0 Å². The normalized spacial score (nSPS) is 23.4. The minimum Gasteiger partial charge on any atom is -0.497 e. The molecule has 0 bridgehead atoms. The smallest absolute Gasteiger partial charge is 0.341 e. The van der Waals surface area contributed by atoms with E-state index in [1.807, 2.05) is 42.5 Å². The summed E-state index contributed by atoms with van der Waals surface area (Å²) in [6.45, 7) is 1.78. The summed E-state index contributed by atoms with van der Waals surface area (Å²) in [6.07, 6.45) is 5.91. The number of methoxy groups -OCH3 is 1. The van der Waals surface area contributed by atoms with Crippen LogP contribution in [0, 0.1) is 11.8 Å². The van der Waals surface area contributed by atoms with Crippen molar-refractivity contribution in [2.24, 2.45) is 11.8 Å². The molecule has 4 nitrogen and oxygen atoms in total. The monoisotopic (exact) mass is 474 g/mol. The summed E-state index contributed by atoms with van der Waals surface area (Å²) in [5, 5.41) is 10.2. The van der Waals surface area contributed by atoms with E-state index in [-0.39, 0.29) is 5.92 Å². The lowest BCUT2D eigenvalue weighted by atomic mass is 9.79. The molecule has 178 valence electrons. The molecule has 0 aliphatic heterocycles. The minimum atomic E-state index is -2.29. The lowest BCUT2D eigenvalue weighted by Gasteiger charge is -2.30. The molecule has 2 unspecified atom stereocenters. The zero-order valence-corrected chi connectivity index (χ0v) is 20.0. The van der Waals surface area contributed by atoms with Crippen LogP contribution in [-0.2, 0) is 4.79 Å². The second-order valence-electron chi connectivity index (χ2n) is 9.68. The summed E-state index contributed by atoms with van der Waals surface area (Å²) in [6, 6.07) is 13.2. The van der Waals surface area contributed by atoms with Gasteiger partial charge in [0.2, 0.25) is 5.67 Å². The van der Waals surface area contributed by atoms with Crippen molar-refractivity contribution in [3.63, 3.8) is 0 Å². The first-order chi connectivity index (χ1) is 15.8. The van der Waals surface area contributed by atoms with Gasteiger partial charge in [-0.25, -0.2) is 9.18 Å². The van der Waals surface area contributed by atoms with Crippen LogP contribution in [0.2, 0.25) is 5.02 Å². The van der Waals surface area contributed by atoms with E-state index in [1.54, 1.807) is 7.11 Å². The number of benzene rings is 2. The zero-order chi connectivity index (χ0) is 23.6. The maximum absolute atomic E-state index is 15.1. The Morgan fingerprint density at radius 3 is 2.48 bits per heavy atom.